The average Bonchev–Trinajstić information content (AvgIpc) is 3.13. The Hall–Kier alpha value is -3.26. The standard InChI is InChI=1S/C27H26BrNO6/c1-2-8-23(27(33)34-16-22(30)17-9-4-3-5-10-17)35-24-15-18(13-14-21(24)28)29-25(31)19-11-6-7-12-20(19)26(29)32/h3-5,9-10,13-15,23H,2,6-8,11-12,16H2,1H3. The molecule has 1 atom stereocenters. The first-order valence-electron chi connectivity index (χ1n) is 11.7. The van der Waals surface area contributed by atoms with Crippen molar-refractivity contribution in [3.05, 3.63) is 69.7 Å². The zero-order valence-electron chi connectivity index (χ0n) is 19.4. The van der Waals surface area contributed by atoms with Gasteiger partial charge in [0.05, 0.1) is 10.2 Å². The quantitative estimate of drug-likeness (QED) is 0.248. The lowest BCUT2D eigenvalue weighted by Crippen LogP contribution is -2.32. The average molecular weight is 540 g/mol. The van der Waals surface area contributed by atoms with Crippen LogP contribution in [0.2, 0.25) is 0 Å². The van der Waals surface area contributed by atoms with Crippen LogP contribution in [0.15, 0.2) is 64.1 Å². The van der Waals surface area contributed by atoms with Crippen molar-refractivity contribution in [1.82, 2.24) is 0 Å². The van der Waals surface area contributed by atoms with E-state index in [2.05, 4.69) is 15.9 Å². The molecule has 0 saturated carbocycles. The molecule has 35 heavy (non-hydrogen) atoms. The third-order valence-corrected chi connectivity index (χ3v) is 6.74. The van der Waals surface area contributed by atoms with Gasteiger partial charge in [-0.2, -0.15) is 0 Å². The third-order valence-electron chi connectivity index (χ3n) is 6.09. The van der Waals surface area contributed by atoms with Crippen molar-refractivity contribution in [2.45, 2.75) is 51.6 Å². The molecule has 0 bridgehead atoms. The molecular weight excluding hydrogens is 514 g/mol. The Bertz CT molecular complexity index is 1160. The fraction of sp³-hybridized carbons (Fsp3) is 0.333. The van der Waals surface area contributed by atoms with Gasteiger partial charge in [-0.05, 0) is 60.2 Å². The fourth-order valence-corrected chi connectivity index (χ4v) is 4.61. The van der Waals surface area contributed by atoms with Crippen molar-refractivity contribution in [2.75, 3.05) is 11.5 Å². The number of hydrogen-bond donors (Lipinski definition) is 0. The van der Waals surface area contributed by atoms with Gasteiger partial charge >= 0.3 is 5.97 Å². The number of imide groups is 1. The molecule has 8 heteroatoms. The number of nitrogens with zero attached hydrogens (tertiary/aromatic N) is 1. The molecule has 0 saturated heterocycles. The van der Waals surface area contributed by atoms with Crippen molar-refractivity contribution in [3.63, 3.8) is 0 Å². The molecule has 0 N–H and O–H groups in total. The molecule has 4 rings (SSSR count). The van der Waals surface area contributed by atoms with Crippen molar-refractivity contribution in [1.29, 1.82) is 0 Å². The summed E-state index contributed by atoms with van der Waals surface area (Å²) in [4.78, 5) is 52.1. The van der Waals surface area contributed by atoms with Crippen LogP contribution < -0.4 is 9.64 Å². The molecule has 1 aliphatic carbocycles. The lowest BCUT2D eigenvalue weighted by atomic mass is 9.93. The first-order valence-corrected chi connectivity index (χ1v) is 12.5. The summed E-state index contributed by atoms with van der Waals surface area (Å²) in [6.45, 7) is 1.52. The minimum atomic E-state index is -0.952. The number of carbonyl (C=O) groups is 4. The van der Waals surface area contributed by atoms with Crippen LogP contribution in [-0.2, 0) is 19.1 Å². The number of benzene rings is 2. The van der Waals surface area contributed by atoms with Gasteiger partial charge in [0.25, 0.3) is 11.8 Å². The summed E-state index contributed by atoms with van der Waals surface area (Å²) in [5, 5.41) is 0. The molecule has 0 spiro atoms. The van der Waals surface area contributed by atoms with Crippen molar-refractivity contribution in [2.24, 2.45) is 0 Å². The van der Waals surface area contributed by atoms with E-state index in [0.29, 0.717) is 58.3 Å². The molecule has 0 fully saturated rings. The van der Waals surface area contributed by atoms with Crippen LogP contribution in [0.4, 0.5) is 5.69 Å². The Morgan fingerprint density at radius 1 is 1.00 bits per heavy atom. The first-order chi connectivity index (χ1) is 16.9. The maximum atomic E-state index is 12.9. The summed E-state index contributed by atoms with van der Waals surface area (Å²) in [5.74, 6) is -1.24. The van der Waals surface area contributed by atoms with E-state index in [1.54, 1.807) is 48.5 Å². The second-order valence-electron chi connectivity index (χ2n) is 8.52. The minimum absolute atomic E-state index is 0.290. The lowest BCUT2D eigenvalue weighted by Gasteiger charge is -2.21. The van der Waals surface area contributed by atoms with Crippen molar-refractivity contribution in [3.8, 4) is 5.75 Å². The SMILES string of the molecule is CCCC(Oc1cc(N2C(=O)C3=C(CCCC3)C2=O)ccc1Br)C(=O)OCC(=O)c1ccccc1. The van der Waals surface area contributed by atoms with E-state index >= 15 is 0 Å². The Labute approximate surface area is 212 Å². The third kappa shape index (κ3) is 5.37. The van der Waals surface area contributed by atoms with Crippen LogP contribution in [0.25, 0.3) is 0 Å². The van der Waals surface area contributed by atoms with Gasteiger partial charge in [0.15, 0.2) is 18.5 Å². The molecule has 2 aliphatic rings. The first kappa shape index (κ1) is 24.9. The van der Waals surface area contributed by atoms with Gasteiger partial charge in [-0.1, -0.05) is 43.7 Å². The van der Waals surface area contributed by atoms with Crippen molar-refractivity contribution >= 4 is 45.2 Å². The highest BCUT2D eigenvalue weighted by Crippen LogP contribution is 2.38. The summed E-state index contributed by atoms with van der Waals surface area (Å²) in [7, 11) is 0. The molecule has 0 aromatic heterocycles. The van der Waals surface area contributed by atoms with Crippen LogP contribution in [-0.4, -0.2) is 36.3 Å². The van der Waals surface area contributed by atoms with Gasteiger partial charge < -0.3 is 9.47 Å². The molecule has 182 valence electrons. The van der Waals surface area contributed by atoms with Crippen LogP contribution >= 0.6 is 15.9 Å². The summed E-state index contributed by atoms with van der Waals surface area (Å²) in [6, 6.07) is 13.5. The summed E-state index contributed by atoms with van der Waals surface area (Å²) >= 11 is 3.42. The van der Waals surface area contributed by atoms with Crippen LogP contribution in [0.5, 0.6) is 5.75 Å². The zero-order chi connectivity index (χ0) is 24.9. The summed E-state index contributed by atoms with van der Waals surface area (Å²) in [6.07, 6.45) is 3.08. The molecule has 2 amide bonds. The summed E-state index contributed by atoms with van der Waals surface area (Å²) in [5.41, 5.74) is 2.04. The molecule has 7 nitrogen and oxygen atoms in total. The number of Topliss-reactive ketones (excluding diaryl/α,β-unsaturated/α-hetero) is 1. The number of halogens is 1. The van der Waals surface area contributed by atoms with Gasteiger partial charge in [0.2, 0.25) is 0 Å². The highest BCUT2D eigenvalue weighted by molar-refractivity contribution is 9.10. The number of amides is 2. The molecular formula is C27H26BrNO6. The highest BCUT2D eigenvalue weighted by Gasteiger charge is 2.40. The molecule has 1 aliphatic heterocycles. The normalized spacial score (nSPS) is 16.2. The smallest absolute Gasteiger partial charge is 0.347 e. The van der Waals surface area contributed by atoms with E-state index in [4.69, 9.17) is 9.47 Å². The topological polar surface area (TPSA) is 90.0 Å². The number of ketones is 1. The highest BCUT2D eigenvalue weighted by atomic mass is 79.9. The van der Waals surface area contributed by atoms with E-state index in [1.807, 2.05) is 6.92 Å². The maximum Gasteiger partial charge on any atom is 0.347 e. The monoisotopic (exact) mass is 539 g/mol. The number of hydrogen-bond acceptors (Lipinski definition) is 6. The van der Waals surface area contributed by atoms with Gasteiger partial charge in [-0.3, -0.25) is 14.4 Å². The predicted octanol–water partition coefficient (Wildman–Crippen LogP) is 5.17. The largest absolute Gasteiger partial charge is 0.477 e. The van der Waals surface area contributed by atoms with Gasteiger partial charge in [0.1, 0.15) is 5.75 Å². The molecule has 2 aromatic rings. The van der Waals surface area contributed by atoms with Gasteiger partial charge in [-0.15, -0.1) is 0 Å². The molecule has 1 heterocycles. The molecule has 2 aromatic carbocycles. The Balaban J connectivity index is 1.48. The number of rotatable bonds is 9. The Morgan fingerprint density at radius 2 is 1.66 bits per heavy atom. The Morgan fingerprint density at radius 3 is 2.29 bits per heavy atom. The van der Waals surface area contributed by atoms with Crippen LogP contribution in [0, 0.1) is 0 Å². The maximum absolute atomic E-state index is 12.9. The van der Waals surface area contributed by atoms with E-state index < -0.39 is 12.1 Å². The van der Waals surface area contributed by atoms with Crippen LogP contribution in [0.3, 0.4) is 0 Å². The second kappa shape index (κ2) is 11.0. The van der Waals surface area contributed by atoms with Gasteiger partial charge in [0, 0.05) is 22.8 Å². The van der Waals surface area contributed by atoms with E-state index in [1.165, 1.54) is 4.90 Å². The number of carbonyl (C=O) groups excluding carboxylic acids is 4. The Kier molecular flexibility index (Phi) is 7.80. The molecule has 0 radical (unpaired) electrons. The van der Waals surface area contributed by atoms with E-state index in [-0.39, 0.29) is 24.2 Å². The van der Waals surface area contributed by atoms with E-state index in [9.17, 15) is 19.2 Å². The lowest BCUT2D eigenvalue weighted by molar-refractivity contribution is -0.151. The zero-order valence-corrected chi connectivity index (χ0v) is 21.0. The van der Waals surface area contributed by atoms with Crippen LogP contribution in [0.1, 0.15) is 55.8 Å². The number of ether oxygens (including phenoxy) is 2. The summed E-state index contributed by atoms with van der Waals surface area (Å²) < 4.78 is 11.8. The fourth-order valence-electron chi connectivity index (χ4n) is 4.27. The van der Waals surface area contributed by atoms with Crippen molar-refractivity contribution < 1.29 is 28.7 Å². The van der Waals surface area contributed by atoms with Gasteiger partial charge in [-0.25, -0.2) is 9.69 Å². The molecule has 1 unspecified atom stereocenters. The van der Waals surface area contributed by atoms with E-state index in [0.717, 1.165) is 12.8 Å². The number of anilines is 1. The minimum Gasteiger partial charge on any atom is -0.477 e. The second-order valence-corrected chi connectivity index (χ2v) is 9.37. The number of esters is 1. The predicted molar refractivity (Wildman–Crippen MR) is 133 cm³/mol.